The van der Waals surface area contributed by atoms with Crippen molar-refractivity contribution in [1.29, 1.82) is 0 Å². The fourth-order valence-corrected chi connectivity index (χ4v) is 4.70. The van der Waals surface area contributed by atoms with Crippen LogP contribution in [0.4, 0.5) is 0 Å². The van der Waals surface area contributed by atoms with E-state index in [-0.39, 0.29) is 12.4 Å². The number of thiophene rings is 1. The van der Waals surface area contributed by atoms with Gasteiger partial charge in [-0.05, 0) is 46.1 Å². The lowest BCUT2D eigenvalue weighted by Gasteiger charge is -2.33. The Kier molecular flexibility index (Phi) is 6.78. The molecule has 2 heterocycles. The normalized spacial score (nSPS) is 30.1. The lowest BCUT2D eigenvalue weighted by atomic mass is 9.94. The van der Waals surface area contributed by atoms with Gasteiger partial charge in [-0.25, -0.2) is 0 Å². The molecule has 1 aromatic heterocycles. The second-order valence-corrected chi connectivity index (χ2v) is 7.26. The van der Waals surface area contributed by atoms with Crippen LogP contribution in [0.1, 0.15) is 24.1 Å². The minimum Gasteiger partial charge on any atom is -0.379 e. The third kappa shape index (κ3) is 3.96. The number of morpholine rings is 1. The van der Waals surface area contributed by atoms with Crippen LogP contribution in [-0.4, -0.2) is 31.8 Å². The first-order valence-electron chi connectivity index (χ1n) is 7.11. The maximum atomic E-state index is 5.62. The molecule has 1 saturated heterocycles. The van der Waals surface area contributed by atoms with Gasteiger partial charge >= 0.3 is 0 Å². The van der Waals surface area contributed by atoms with Crippen LogP contribution in [0.5, 0.6) is 0 Å². The standard InChI is InChI=1S/C14H21BrN2OS.ClH/c15-11-4-7-19-14(11)8-17-12-3-1-2-10(12)13-9-18-6-5-16-13;/h4,7,10,12-13,16-17H,1-3,5-6,8-9H2;1H. The highest BCUT2D eigenvalue weighted by Crippen LogP contribution is 2.30. The third-order valence-electron chi connectivity index (χ3n) is 4.25. The van der Waals surface area contributed by atoms with Crippen molar-refractivity contribution in [3.63, 3.8) is 0 Å². The number of hydrogen-bond donors (Lipinski definition) is 2. The van der Waals surface area contributed by atoms with Gasteiger partial charge in [0.25, 0.3) is 0 Å². The maximum absolute atomic E-state index is 5.62. The first-order valence-corrected chi connectivity index (χ1v) is 8.78. The predicted octanol–water partition coefficient (Wildman–Crippen LogP) is 3.18. The van der Waals surface area contributed by atoms with Gasteiger partial charge in [0.2, 0.25) is 0 Å². The lowest BCUT2D eigenvalue weighted by molar-refractivity contribution is 0.0524. The van der Waals surface area contributed by atoms with Gasteiger partial charge in [-0.2, -0.15) is 0 Å². The van der Waals surface area contributed by atoms with Crippen LogP contribution in [-0.2, 0) is 11.3 Å². The molecule has 6 heteroatoms. The van der Waals surface area contributed by atoms with Crippen LogP contribution in [0.2, 0.25) is 0 Å². The number of hydrogen-bond acceptors (Lipinski definition) is 4. The van der Waals surface area contributed by atoms with E-state index in [9.17, 15) is 0 Å². The minimum absolute atomic E-state index is 0. The molecule has 20 heavy (non-hydrogen) atoms. The molecule has 0 amide bonds. The summed E-state index contributed by atoms with van der Waals surface area (Å²) in [6.07, 6.45) is 3.96. The van der Waals surface area contributed by atoms with Crippen molar-refractivity contribution in [2.75, 3.05) is 19.8 Å². The van der Waals surface area contributed by atoms with Crippen molar-refractivity contribution >= 4 is 39.7 Å². The molecule has 2 fully saturated rings. The monoisotopic (exact) mass is 380 g/mol. The van der Waals surface area contributed by atoms with Crippen molar-refractivity contribution in [1.82, 2.24) is 10.6 Å². The van der Waals surface area contributed by atoms with Crippen molar-refractivity contribution in [2.45, 2.75) is 37.9 Å². The number of nitrogens with one attached hydrogen (secondary N) is 2. The second-order valence-electron chi connectivity index (χ2n) is 5.41. The van der Waals surface area contributed by atoms with Crippen molar-refractivity contribution in [2.24, 2.45) is 5.92 Å². The van der Waals surface area contributed by atoms with Gasteiger partial charge in [-0.1, -0.05) is 6.42 Å². The summed E-state index contributed by atoms with van der Waals surface area (Å²) in [6, 6.07) is 3.30. The summed E-state index contributed by atoms with van der Waals surface area (Å²) in [5, 5.41) is 9.52. The van der Waals surface area contributed by atoms with E-state index in [4.69, 9.17) is 4.74 Å². The Balaban J connectivity index is 0.00000147. The Bertz CT molecular complexity index is 412. The van der Waals surface area contributed by atoms with Gasteiger partial charge in [0.1, 0.15) is 0 Å². The highest BCUT2D eigenvalue weighted by atomic mass is 79.9. The van der Waals surface area contributed by atoms with Gasteiger partial charge in [0, 0.05) is 34.5 Å². The first kappa shape index (κ1) is 16.7. The van der Waals surface area contributed by atoms with Crippen LogP contribution >= 0.6 is 39.7 Å². The fourth-order valence-electron chi connectivity index (χ4n) is 3.26. The smallest absolute Gasteiger partial charge is 0.0623 e. The van der Waals surface area contributed by atoms with E-state index < -0.39 is 0 Å². The van der Waals surface area contributed by atoms with E-state index in [1.54, 1.807) is 0 Å². The Morgan fingerprint density at radius 3 is 3.05 bits per heavy atom. The molecule has 114 valence electrons. The lowest BCUT2D eigenvalue weighted by Crippen LogP contribution is -2.50. The van der Waals surface area contributed by atoms with Crippen molar-refractivity contribution in [3.8, 4) is 0 Å². The number of halogens is 2. The van der Waals surface area contributed by atoms with E-state index in [0.717, 1.165) is 32.2 Å². The molecule has 3 nitrogen and oxygen atoms in total. The second kappa shape index (κ2) is 8.11. The summed E-state index contributed by atoms with van der Waals surface area (Å²) in [7, 11) is 0. The van der Waals surface area contributed by atoms with Gasteiger partial charge in [0.15, 0.2) is 0 Å². The van der Waals surface area contributed by atoms with E-state index in [1.165, 1.54) is 28.6 Å². The molecule has 3 atom stereocenters. The predicted molar refractivity (Wildman–Crippen MR) is 89.8 cm³/mol. The van der Waals surface area contributed by atoms with Crippen LogP contribution < -0.4 is 10.6 Å². The Hall–Kier alpha value is 0.350. The minimum atomic E-state index is 0. The van der Waals surface area contributed by atoms with Crippen molar-refractivity contribution in [3.05, 3.63) is 20.8 Å². The summed E-state index contributed by atoms with van der Waals surface area (Å²) in [4.78, 5) is 1.40. The molecule has 0 aromatic carbocycles. The molecule has 0 spiro atoms. The fraction of sp³-hybridized carbons (Fsp3) is 0.714. The summed E-state index contributed by atoms with van der Waals surface area (Å²) >= 11 is 5.43. The summed E-state index contributed by atoms with van der Waals surface area (Å²) in [5.74, 6) is 0.721. The van der Waals surface area contributed by atoms with Gasteiger partial charge in [0.05, 0.1) is 13.2 Å². The van der Waals surface area contributed by atoms with Crippen LogP contribution in [0.3, 0.4) is 0 Å². The van der Waals surface area contributed by atoms with Crippen molar-refractivity contribution < 1.29 is 4.74 Å². The Morgan fingerprint density at radius 2 is 2.35 bits per heavy atom. The SMILES string of the molecule is Brc1ccsc1CNC1CCCC1C1COCCN1.Cl. The summed E-state index contributed by atoms with van der Waals surface area (Å²) in [6.45, 7) is 3.73. The molecule has 1 aliphatic heterocycles. The summed E-state index contributed by atoms with van der Waals surface area (Å²) in [5.41, 5.74) is 0. The molecular formula is C14H22BrClN2OS. The molecule has 0 radical (unpaired) electrons. The van der Waals surface area contributed by atoms with Gasteiger partial charge in [-0.15, -0.1) is 23.7 Å². The van der Waals surface area contributed by atoms with Gasteiger partial charge < -0.3 is 15.4 Å². The number of ether oxygens (including phenoxy) is 1. The first-order chi connectivity index (χ1) is 9.34. The molecule has 2 N–H and O–H groups in total. The molecular weight excluding hydrogens is 360 g/mol. The van der Waals surface area contributed by atoms with E-state index in [0.29, 0.717) is 12.1 Å². The molecule has 3 unspecified atom stereocenters. The van der Waals surface area contributed by atoms with Crippen LogP contribution in [0.25, 0.3) is 0 Å². The maximum Gasteiger partial charge on any atom is 0.0623 e. The molecule has 1 aliphatic carbocycles. The van der Waals surface area contributed by atoms with Crippen LogP contribution in [0.15, 0.2) is 15.9 Å². The van der Waals surface area contributed by atoms with Crippen LogP contribution in [0, 0.1) is 5.92 Å². The largest absolute Gasteiger partial charge is 0.379 e. The van der Waals surface area contributed by atoms with E-state index >= 15 is 0 Å². The van der Waals surface area contributed by atoms with E-state index in [1.807, 2.05) is 11.3 Å². The highest BCUT2D eigenvalue weighted by molar-refractivity contribution is 9.10. The molecule has 2 aliphatic rings. The highest BCUT2D eigenvalue weighted by Gasteiger charge is 2.34. The van der Waals surface area contributed by atoms with Gasteiger partial charge in [-0.3, -0.25) is 0 Å². The average molecular weight is 382 g/mol. The molecule has 0 bridgehead atoms. The summed E-state index contributed by atoms with van der Waals surface area (Å²) < 4.78 is 6.85. The zero-order valence-corrected chi connectivity index (χ0v) is 14.7. The number of rotatable bonds is 4. The average Bonchev–Trinajstić information content (AvgIpc) is 3.06. The topological polar surface area (TPSA) is 33.3 Å². The zero-order valence-electron chi connectivity index (χ0n) is 11.4. The molecule has 1 saturated carbocycles. The Labute approximate surface area is 139 Å². The quantitative estimate of drug-likeness (QED) is 0.840. The Morgan fingerprint density at radius 1 is 1.45 bits per heavy atom. The molecule has 1 aromatic rings. The molecule has 3 rings (SSSR count). The third-order valence-corrected chi connectivity index (χ3v) is 6.18. The zero-order chi connectivity index (χ0) is 13.1. The van der Waals surface area contributed by atoms with E-state index in [2.05, 4.69) is 38.0 Å².